The first-order valence-corrected chi connectivity index (χ1v) is 12.4. The fourth-order valence-electron chi connectivity index (χ4n) is 4.95. The van der Waals surface area contributed by atoms with Gasteiger partial charge in [-0.15, -0.1) is 0 Å². The minimum atomic E-state index is 0.140. The van der Waals surface area contributed by atoms with Crippen LogP contribution in [0.4, 0.5) is 5.69 Å². The zero-order valence-corrected chi connectivity index (χ0v) is 20.1. The Kier molecular flexibility index (Phi) is 6.08. The topological polar surface area (TPSA) is 6.48 Å². The molecule has 1 aliphatic rings. The smallest absolute Gasteiger partial charge is 0.0950 e. The van der Waals surface area contributed by atoms with Crippen molar-refractivity contribution in [1.29, 1.82) is 0 Å². The third-order valence-corrected chi connectivity index (χ3v) is 6.84. The molecule has 0 aliphatic carbocycles. The number of rotatable bonds is 6. The maximum Gasteiger partial charge on any atom is 0.0950 e. The third kappa shape index (κ3) is 4.54. The molecule has 1 unspecified atom stereocenters. The lowest BCUT2D eigenvalue weighted by Gasteiger charge is -2.31. The number of anilines is 1. The van der Waals surface area contributed by atoms with Crippen molar-refractivity contribution in [3.05, 3.63) is 163 Å². The summed E-state index contributed by atoms with van der Waals surface area (Å²) in [6.45, 7) is 0.796. The summed E-state index contributed by atoms with van der Waals surface area (Å²) in [5.74, 6) is 0. The van der Waals surface area contributed by atoms with Gasteiger partial charge in [-0.1, -0.05) is 127 Å². The van der Waals surface area contributed by atoms with Crippen LogP contribution in [0.25, 0.3) is 22.3 Å². The Morgan fingerprint density at radius 3 is 1.42 bits per heavy atom. The number of hydrogen-bond donors (Lipinski definition) is 0. The Balaban J connectivity index is 1.25. The summed E-state index contributed by atoms with van der Waals surface area (Å²) >= 11 is 0. The van der Waals surface area contributed by atoms with Crippen LogP contribution in [-0.4, -0.2) is 11.6 Å². The van der Waals surface area contributed by atoms with Crippen molar-refractivity contribution in [3.63, 3.8) is 0 Å². The molecule has 0 amide bonds. The highest BCUT2D eigenvalue weighted by molar-refractivity contribution is 5.67. The summed E-state index contributed by atoms with van der Waals surface area (Å²) in [5.41, 5.74) is 8.72. The monoisotopic (exact) mass is 464 g/mol. The molecular formula is C34H28N2. The number of hydrogen-bond acceptors (Lipinski definition) is 2. The van der Waals surface area contributed by atoms with Crippen LogP contribution in [-0.2, 0) is 0 Å². The molecule has 2 heteroatoms. The second-order valence-corrected chi connectivity index (χ2v) is 9.14. The Bertz CT molecular complexity index is 1420. The van der Waals surface area contributed by atoms with Gasteiger partial charge in [0.2, 0.25) is 0 Å². The van der Waals surface area contributed by atoms with Crippen molar-refractivity contribution in [2.75, 3.05) is 11.6 Å². The van der Waals surface area contributed by atoms with Crippen LogP contribution in [0.1, 0.15) is 17.2 Å². The standard InChI is InChI=1S/C34H28N2/c1-4-10-27(11-5-1)29-16-18-32(19-17-29)34(31-14-8-3-9-15-31)36-25-24-35(26-36)33-22-20-30(21-23-33)28-12-6-2-7-13-28/h1-25,34H,26H2. The second-order valence-electron chi connectivity index (χ2n) is 9.14. The van der Waals surface area contributed by atoms with Gasteiger partial charge < -0.3 is 9.80 Å². The lowest BCUT2D eigenvalue weighted by atomic mass is 9.95. The van der Waals surface area contributed by atoms with Crippen LogP contribution < -0.4 is 4.90 Å². The van der Waals surface area contributed by atoms with E-state index in [0.29, 0.717) is 0 Å². The molecule has 0 spiro atoms. The maximum atomic E-state index is 2.41. The van der Waals surface area contributed by atoms with Gasteiger partial charge in [-0.05, 0) is 45.5 Å². The van der Waals surface area contributed by atoms with E-state index in [-0.39, 0.29) is 6.04 Å². The highest BCUT2D eigenvalue weighted by atomic mass is 15.4. The summed E-state index contributed by atoms with van der Waals surface area (Å²) in [4.78, 5) is 4.72. The van der Waals surface area contributed by atoms with Gasteiger partial charge in [-0.3, -0.25) is 0 Å². The van der Waals surface area contributed by atoms with Crippen LogP contribution >= 0.6 is 0 Å². The molecule has 0 N–H and O–H groups in total. The Labute approximate surface area is 213 Å². The van der Waals surface area contributed by atoms with E-state index < -0.39 is 0 Å². The van der Waals surface area contributed by atoms with E-state index in [1.165, 1.54) is 39.1 Å². The van der Waals surface area contributed by atoms with Crippen LogP contribution in [0.15, 0.2) is 152 Å². The molecule has 6 rings (SSSR count). The predicted molar refractivity (Wildman–Crippen MR) is 150 cm³/mol. The van der Waals surface area contributed by atoms with Crippen molar-refractivity contribution >= 4 is 5.69 Å². The molecule has 0 radical (unpaired) electrons. The molecule has 0 fully saturated rings. The largest absolute Gasteiger partial charge is 0.347 e. The van der Waals surface area contributed by atoms with Gasteiger partial charge in [-0.25, -0.2) is 0 Å². The van der Waals surface area contributed by atoms with Crippen molar-refractivity contribution in [2.45, 2.75) is 6.04 Å². The molecule has 0 saturated heterocycles. The second kappa shape index (κ2) is 9.97. The molecule has 1 heterocycles. The summed E-state index contributed by atoms with van der Waals surface area (Å²) in [5, 5.41) is 0. The summed E-state index contributed by atoms with van der Waals surface area (Å²) in [7, 11) is 0. The summed E-state index contributed by atoms with van der Waals surface area (Å²) in [6, 6.07) is 49.9. The Morgan fingerprint density at radius 2 is 0.861 bits per heavy atom. The van der Waals surface area contributed by atoms with Gasteiger partial charge in [0.25, 0.3) is 0 Å². The average molecular weight is 465 g/mol. The van der Waals surface area contributed by atoms with Crippen LogP contribution in [0.3, 0.4) is 0 Å². The van der Waals surface area contributed by atoms with E-state index in [9.17, 15) is 0 Å². The van der Waals surface area contributed by atoms with E-state index >= 15 is 0 Å². The minimum Gasteiger partial charge on any atom is -0.347 e. The van der Waals surface area contributed by atoms with Crippen LogP contribution in [0.2, 0.25) is 0 Å². The van der Waals surface area contributed by atoms with Gasteiger partial charge in [0.15, 0.2) is 0 Å². The Morgan fingerprint density at radius 1 is 0.417 bits per heavy atom. The van der Waals surface area contributed by atoms with E-state index in [0.717, 1.165) is 6.67 Å². The molecule has 36 heavy (non-hydrogen) atoms. The molecule has 5 aromatic rings. The van der Waals surface area contributed by atoms with E-state index in [1.54, 1.807) is 0 Å². The van der Waals surface area contributed by atoms with E-state index in [1.807, 2.05) is 0 Å². The molecule has 1 aliphatic heterocycles. The summed E-state index contributed by atoms with van der Waals surface area (Å²) < 4.78 is 0. The van der Waals surface area contributed by atoms with Gasteiger partial charge in [0, 0.05) is 18.1 Å². The van der Waals surface area contributed by atoms with Crippen molar-refractivity contribution in [3.8, 4) is 22.3 Å². The minimum absolute atomic E-state index is 0.140. The molecule has 0 saturated carbocycles. The number of nitrogens with zero attached hydrogens (tertiary/aromatic N) is 2. The van der Waals surface area contributed by atoms with Gasteiger partial charge in [0.05, 0.1) is 12.7 Å². The third-order valence-electron chi connectivity index (χ3n) is 6.84. The van der Waals surface area contributed by atoms with Gasteiger partial charge in [-0.2, -0.15) is 0 Å². The van der Waals surface area contributed by atoms with Gasteiger partial charge >= 0.3 is 0 Å². The normalized spacial score (nSPS) is 13.7. The first-order valence-electron chi connectivity index (χ1n) is 12.4. The first kappa shape index (κ1) is 21.9. The van der Waals surface area contributed by atoms with Gasteiger partial charge in [0.1, 0.15) is 0 Å². The van der Waals surface area contributed by atoms with E-state index in [4.69, 9.17) is 0 Å². The molecule has 1 atom stereocenters. The quantitative estimate of drug-likeness (QED) is 0.249. The summed E-state index contributed by atoms with van der Waals surface area (Å²) in [6.07, 6.45) is 4.40. The molecule has 5 aromatic carbocycles. The first-order chi connectivity index (χ1) is 17.8. The maximum absolute atomic E-state index is 2.41. The SMILES string of the molecule is C1=CN(C(c2ccccc2)c2ccc(-c3ccccc3)cc2)CN1c1ccc(-c2ccccc2)cc1. The van der Waals surface area contributed by atoms with Crippen molar-refractivity contribution < 1.29 is 0 Å². The fraction of sp³-hybridized carbons (Fsp3) is 0.0588. The van der Waals surface area contributed by atoms with Crippen molar-refractivity contribution in [1.82, 2.24) is 4.90 Å². The molecule has 0 bridgehead atoms. The zero-order chi connectivity index (χ0) is 24.2. The highest BCUT2D eigenvalue weighted by Crippen LogP contribution is 2.34. The molecule has 2 nitrogen and oxygen atoms in total. The molecule has 0 aromatic heterocycles. The molecular weight excluding hydrogens is 436 g/mol. The Hall–Kier alpha value is -4.56. The van der Waals surface area contributed by atoms with Crippen LogP contribution in [0, 0.1) is 0 Å². The van der Waals surface area contributed by atoms with Crippen molar-refractivity contribution in [2.24, 2.45) is 0 Å². The fourth-order valence-corrected chi connectivity index (χ4v) is 4.95. The lowest BCUT2D eigenvalue weighted by molar-refractivity contribution is 0.343. The molecule has 174 valence electrons. The van der Waals surface area contributed by atoms with E-state index in [2.05, 4.69) is 162 Å². The average Bonchev–Trinajstić information content (AvgIpc) is 3.45. The highest BCUT2D eigenvalue weighted by Gasteiger charge is 2.25. The lowest BCUT2D eigenvalue weighted by Crippen LogP contribution is -2.29. The van der Waals surface area contributed by atoms with Crippen LogP contribution in [0.5, 0.6) is 0 Å². The number of benzene rings is 5. The predicted octanol–water partition coefficient (Wildman–Crippen LogP) is 8.36. The zero-order valence-electron chi connectivity index (χ0n) is 20.1.